The van der Waals surface area contributed by atoms with Gasteiger partial charge in [-0.3, -0.25) is 9.59 Å². The fourth-order valence-electron chi connectivity index (χ4n) is 4.06. The summed E-state index contributed by atoms with van der Waals surface area (Å²) in [6.45, 7) is 4.28. The normalized spacial score (nSPS) is 20.7. The van der Waals surface area contributed by atoms with Crippen molar-refractivity contribution < 1.29 is 23.1 Å². The molecule has 1 aliphatic carbocycles. The molecule has 2 aromatic carbocycles. The van der Waals surface area contributed by atoms with E-state index in [4.69, 9.17) is 13.9 Å². The minimum Gasteiger partial charge on any atom is -0.484 e. The Hall–Kier alpha value is -3.35. The van der Waals surface area contributed by atoms with Crippen molar-refractivity contribution in [3.05, 3.63) is 64.8 Å². The molecule has 6 nitrogen and oxygen atoms in total. The highest BCUT2D eigenvalue weighted by Crippen LogP contribution is 2.29. The van der Waals surface area contributed by atoms with Crippen molar-refractivity contribution in [1.82, 2.24) is 5.32 Å². The maximum atomic E-state index is 13.0. The molecule has 0 radical (unpaired) electrons. The molecule has 1 N–H and O–H groups in total. The summed E-state index contributed by atoms with van der Waals surface area (Å²) < 4.78 is 29.7. The van der Waals surface area contributed by atoms with Gasteiger partial charge in [-0.25, -0.2) is 4.39 Å². The highest BCUT2D eigenvalue weighted by atomic mass is 19.1. The molecule has 1 fully saturated rings. The molecule has 1 saturated carbocycles. The summed E-state index contributed by atoms with van der Waals surface area (Å²) >= 11 is 0. The minimum atomic E-state index is -0.396. The van der Waals surface area contributed by atoms with Gasteiger partial charge >= 0.3 is 0 Å². The molecular formula is C25H26FNO5. The molecule has 0 bridgehead atoms. The topological polar surface area (TPSA) is 77.8 Å². The Labute approximate surface area is 185 Å². The van der Waals surface area contributed by atoms with Crippen LogP contribution in [0, 0.1) is 17.7 Å². The lowest BCUT2D eigenvalue weighted by atomic mass is 9.78. The molecule has 0 spiro atoms. The van der Waals surface area contributed by atoms with Gasteiger partial charge in [-0.05, 0) is 54.7 Å². The molecule has 0 unspecified atom stereocenters. The highest BCUT2D eigenvalue weighted by Gasteiger charge is 2.28. The monoisotopic (exact) mass is 439 g/mol. The molecule has 7 heteroatoms. The van der Waals surface area contributed by atoms with Crippen LogP contribution < -0.4 is 20.2 Å². The van der Waals surface area contributed by atoms with Crippen LogP contribution in [0.2, 0.25) is 0 Å². The summed E-state index contributed by atoms with van der Waals surface area (Å²) in [7, 11) is 0. The van der Waals surface area contributed by atoms with Crippen molar-refractivity contribution >= 4 is 16.9 Å². The number of ether oxygens (including phenoxy) is 2. The zero-order chi connectivity index (χ0) is 22.7. The molecule has 4 rings (SSSR count). The Balaban J connectivity index is 1.40. The van der Waals surface area contributed by atoms with E-state index in [9.17, 15) is 14.0 Å². The summed E-state index contributed by atoms with van der Waals surface area (Å²) in [6, 6.07) is 10.3. The van der Waals surface area contributed by atoms with Crippen molar-refractivity contribution in [3.63, 3.8) is 0 Å². The van der Waals surface area contributed by atoms with Gasteiger partial charge in [-0.2, -0.15) is 0 Å². The lowest BCUT2D eigenvalue weighted by Crippen LogP contribution is -2.45. The third-order valence-corrected chi connectivity index (χ3v) is 6.18. The van der Waals surface area contributed by atoms with E-state index in [1.807, 2.05) is 0 Å². The molecule has 3 aromatic rings. The van der Waals surface area contributed by atoms with Crippen molar-refractivity contribution in [3.8, 4) is 17.2 Å². The Kier molecular flexibility index (Phi) is 6.44. The fourth-order valence-corrected chi connectivity index (χ4v) is 4.06. The van der Waals surface area contributed by atoms with Crippen molar-refractivity contribution in [1.29, 1.82) is 0 Å². The standard InChI is InChI=1S/C25H26FNO5/c1-15-4-3-5-21(16(15)2)27-24(28)14-30-19-10-11-20-22(12-19)31-13-23(25(20)29)32-18-8-6-17(26)7-9-18/h6-13,15-16,21H,3-5,14H2,1-2H3,(H,27,28)/t15-,16+,21-/m1/s1. The number of fused-ring (bicyclic) bond motifs is 1. The quantitative estimate of drug-likeness (QED) is 0.582. The van der Waals surface area contributed by atoms with Crippen molar-refractivity contribution in [2.45, 2.75) is 39.2 Å². The Morgan fingerprint density at radius 3 is 2.66 bits per heavy atom. The number of benzene rings is 2. The van der Waals surface area contributed by atoms with Gasteiger partial charge in [0, 0.05) is 12.1 Å². The number of hydrogen-bond donors (Lipinski definition) is 1. The average Bonchev–Trinajstić information content (AvgIpc) is 2.79. The van der Waals surface area contributed by atoms with E-state index in [-0.39, 0.29) is 29.7 Å². The number of carbonyl (C=O) groups excluding carboxylic acids is 1. The predicted molar refractivity (Wildman–Crippen MR) is 119 cm³/mol. The zero-order valence-corrected chi connectivity index (χ0v) is 18.1. The van der Waals surface area contributed by atoms with Crippen LogP contribution in [0.25, 0.3) is 11.0 Å². The molecule has 1 aromatic heterocycles. The minimum absolute atomic E-state index is 0.00650. The van der Waals surface area contributed by atoms with E-state index < -0.39 is 5.82 Å². The first-order chi connectivity index (χ1) is 15.4. The van der Waals surface area contributed by atoms with Crippen LogP contribution in [0.5, 0.6) is 17.2 Å². The number of hydrogen-bond acceptors (Lipinski definition) is 5. The molecule has 3 atom stereocenters. The third kappa shape index (κ3) is 4.93. The van der Waals surface area contributed by atoms with E-state index in [0.717, 1.165) is 12.8 Å². The molecule has 168 valence electrons. The summed E-state index contributed by atoms with van der Waals surface area (Å²) in [4.78, 5) is 25.0. The summed E-state index contributed by atoms with van der Waals surface area (Å²) in [5, 5.41) is 3.38. The van der Waals surface area contributed by atoms with E-state index in [1.54, 1.807) is 18.2 Å². The van der Waals surface area contributed by atoms with Gasteiger partial charge in [0.2, 0.25) is 11.2 Å². The van der Waals surface area contributed by atoms with Gasteiger partial charge in [0.1, 0.15) is 29.2 Å². The number of nitrogens with one attached hydrogen (secondary N) is 1. The average molecular weight is 439 g/mol. The van der Waals surface area contributed by atoms with E-state index in [0.29, 0.717) is 34.3 Å². The summed E-state index contributed by atoms with van der Waals surface area (Å²) in [6.07, 6.45) is 4.51. The first kappa shape index (κ1) is 21.9. The second-order valence-electron chi connectivity index (χ2n) is 8.37. The highest BCUT2D eigenvalue weighted by molar-refractivity contribution is 5.80. The third-order valence-electron chi connectivity index (χ3n) is 6.18. The van der Waals surface area contributed by atoms with Crippen LogP contribution in [0.3, 0.4) is 0 Å². The molecule has 1 heterocycles. The van der Waals surface area contributed by atoms with Crippen molar-refractivity contribution in [2.24, 2.45) is 11.8 Å². The van der Waals surface area contributed by atoms with Gasteiger partial charge in [-0.1, -0.05) is 26.7 Å². The first-order valence-corrected chi connectivity index (χ1v) is 10.8. The first-order valence-electron chi connectivity index (χ1n) is 10.8. The number of amides is 1. The second-order valence-corrected chi connectivity index (χ2v) is 8.37. The Morgan fingerprint density at radius 2 is 1.88 bits per heavy atom. The Morgan fingerprint density at radius 1 is 1.12 bits per heavy atom. The molecule has 1 amide bonds. The SMILES string of the molecule is C[C@H]1[C@H](C)CCC[C@H]1NC(=O)COc1ccc2c(=O)c(Oc3ccc(F)cc3)coc2c1. The van der Waals surface area contributed by atoms with Gasteiger partial charge in [0.15, 0.2) is 6.61 Å². The van der Waals surface area contributed by atoms with Crippen LogP contribution in [-0.2, 0) is 4.79 Å². The van der Waals surface area contributed by atoms with Crippen LogP contribution in [0.1, 0.15) is 33.1 Å². The van der Waals surface area contributed by atoms with Gasteiger partial charge in [0.25, 0.3) is 5.91 Å². The lowest BCUT2D eigenvalue weighted by molar-refractivity contribution is -0.124. The largest absolute Gasteiger partial charge is 0.484 e. The van der Waals surface area contributed by atoms with Gasteiger partial charge in [-0.15, -0.1) is 0 Å². The molecule has 32 heavy (non-hydrogen) atoms. The number of halogens is 1. The maximum absolute atomic E-state index is 13.0. The van der Waals surface area contributed by atoms with Gasteiger partial charge in [0.05, 0.1) is 5.39 Å². The zero-order valence-electron chi connectivity index (χ0n) is 18.1. The van der Waals surface area contributed by atoms with Crippen LogP contribution >= 0.6 is 0 Å². The maximum Gasteiger partial charge on any atom is 0.258 e. The number of rotatable bonds is 6. The smallest absolute Gasteiger partial charge is 0.258 e. The Bertz CT molecular complexity index is 1160. The second kappa shape index (κ2) is 9.42. The van der Waals surface area contributed by atoms with E-state index in [1.165, 1.54) is 36.9 Å². The fraction of sp³-hybridized carbons (Fsp3) is 0.360. The molecule has 0 aliphatic heterocycles. The van der Waals surface area contributed by atoms with Crippen LogP contribution in [0.15, 0.2) is 57.9 Å². The van der Waals surface area contributed by atoms with Gasteiger partial charge < -0.3 is 19.2 Å². The predicted octanol–water partition coefficient (Wildman–Crippen LogP) is 5.04. The van der Waals surface area contributed by atoms with Crippen LogP contribution in [0.4, 0.5) is 4.39 Å². The van der Waals surface area contributed by atoms with E-state index >= 15 is 0 Å². The molecule has 0 saturated heterocycles. The lowest BCUT2D eigenvalue weighted by Gasteiger charge is -2.34. The molecule has 1 aliphatic rings. The van der Waals surface area contributed by atoms with Crippen molar-refractivity contribution in [2.75, 3.05) is 6.61 Å². The molecular weight excluding hydrogens is 413 g/mol. The van der Waals surface area contributed by atoms with Crippen LogP contribution in [-0.4, -0.2) is 18.6 Å². The number of carbonyl (C=O) groups is 1. The van der Waals surface area contributed by atoms with E-state index in [2.05, 4.69) is 19.2 Å². The summed E-state index contributed by atoms with van der Waals surface area (Å²) in [5.74, 6) is 1.21. The summed E-state index contributed by atoms with van der Waals surface area (Å²) in [5.41, 5.74) is -0.0469.